The van der Waals surface area contributed by atoms with Crippen LogP contribution in [0.25, 0.3) is 10.9 Å². The van der Waals surface area contributed by atoms with Crippen molar-refractivity contribution < 1.29 is 9.90 Å². The van der Waals surface area contributed by atoms with Crippen molar-refractivity contribution in [1.82, 2.24) is 4.98 Å². The number of carbonyl (C=O) groups is 1. The monoisotopic (exact) mass is 281 g/mol. The number of fused-ring (bicyclic) bond motifs is 2. The van der Waals surface area contributed by atoms with Crippen LogP contribution in [0.2, 0.25) is 0 Å². The van der Waals surface area contributed by atoms with E-state index in [0.29, 0.717) is 18.6 Å². The fraction of sp³-hybridized carbons (Fsp3) is 0.444. The highest BCUT2D eigenvalue weighted by Gasteiger charge is 2.52. The molecule has 4 rings (SSSR count). The highest BCUT2D eigenvalue weighted by Crippen LogP contribution is 2.49. The zero-order valence-electron chi connectivity index (χ0n) is 12.0. The van der Waals surface area contributed by atoms with Gasteiger partial charge in [0.25, 0.3) is 0 Å². The maximum absolute atomic E-state index is 11.8. The largest absolute Gasteiger partial charge is 0.389 e. The second-order valence-corrected chi connectivity index (χ2v) is 6.53. The zero-order valence-corrected chi connectivity index (χ0v) is 12.0. The predicted molar refractivity (Wildman–Crippen MR) is 80.9 cm³/mol. The molecule has 0 radical (unpaired) electrons. The Hall–Kier alpha value is -1.74. The van der Waals surface area contributed by atoms with E-state index < -0.39 is 5.60 Å². The maximum atomic E-state index is 11.8. The third kappa shape index (κ3) is 2.07. The average molecular weight is 281 g/mol. The molecular formula is C18H19NO2. The molecule has 0 amide bonds. The molecule has 0 unspecified atom stereocenters. The quantitative estimate of drug-likeness (QED) is 0.921. The fourth-order valence-electron chi connectivity index (χ4n) is 4.24. The molecule has 1 aromatic carbocycles. The number of para-hydroxylation sites is 1. The van der Waals surface area contributed by atoms with E-state index in [0.717, 1.165) is 35.9 Å². The number of nitrogens with zero attached hydrogens (tertiary/aromatic N) is 1. The van der Waals surface area contributed by atoms with Gasteiger partial charge in [0.05, 0.1) is 11.1 Å². The first-order chi connectivity index (χ1) is 10.2. The van der Waals surface area contributed by atoms with Gasteiger partial charge in [-0.2, -0.15) is 0 Å². The van der Waals surface area contributed by atoms with E-state index in [2.05, 4.69) is 11.1 Å². The van der Waals surface area contributed by atoms with Crippen LogP contribution >= 0.6 is 0 Å². The van der Waals surface area contributed by atoms with Crippen LogP contribution in [-0.2, 0) is 11.2 Å². The molecule has 0 aliphatic heterocycles. The van der Waals surface area contributed by atoms with Crippen molar-refractivity contribution in [2.75, 3.05) is 0 Å². The molecule has 3 atom stereocenters. The van der Waals surface area contributed by atoms with Gasteiger partial charge in [-0.1, -0.05) is 24.3 Å². The second kappa shape index (κ2) is 4.63. The lowest BCUT2D eigenvalue weighted by Gasteiger charge is -2.29. The number of ketones is 1. The van der Waals surface area contributed by atoms with Crippen LogP contribution in [0.1, 0.15) is 31.4 Å². The molecule has 2 aliphatic rings. The summed E-state index contributed by atoms with van der Waals surface area (Å²) >= 11 is 0. The molecule has 2 aliphatic carbocycles. The fourth-order valence-corrected chi connectivity index (χ4v) is 4.24. The number of carbonyl (C=O) groups excluding carboxylic acids is 1. The van der Waals surface area contributed by atoms with Crippen molar-refractivity contribution in [3.8, 4) is 0 Å². The molecular weight excluding hydrogens is 262 g/mol. The Balaban J connectivity index is 1.63. The number of rotatable bonds is 2. The number of pyridine rings is 1. The summed E-state index contributed by atoms with van der Waals surface area (Å²) in [7, 11) is 0. The standard InChI is InChI=1S/C18H19NO2/c20-17-8-7-15-14(17)9-10-18(15,21)11-13-6-5-12-3-1-2-4-16(12)19-13/h1-6,14-15,21H,7-11H2/t14-,15-,18-/m1/s1. The summed E-state index contributed by atoms with van der Waals surface area (Å²) in [6.07, 6.45) is 3.61. The summed E-state index contributed by atoms with van der Waals surface area (Å²) in [6.45, 7) is 0. The summed E-state index contributed by atoms with van der Waals surface area (Å²) in [4.78, 5) is 16.5. The van der Waals surface area contributed by atoms with Crippen molar-refractivity contribution in [1.29, 1.82) is 0 Å². The van der Waals surface area contributed by atoms with Crippen LogP contribution in [-0.4, -0.2) is 21.5 Å². The molecule has 21 heavy (non-hydrogen) atoms. The molecule has 0 spiro atoms. The van der Waals surface area contributed by atoms with E-state index >= 15 is 0 Å². The number of benzene rings is 1. The molecule has 0 saturated heterocycles. The molecule has 2 aromatic rings. The SMILES string of the molecule is O=C1CC[C@@H]2[C@H]1CC[C@@]2(O)Cc1ccc2ccccc2n1. The molecule has 1 aromatic heterocycles. The first kappa shape index (κ1) is 13.0. The van der Waals surface area contributed by atoms with Gasteiger partial charge in [0.2, 0.25) is 0 Å². The minimum absolute atomic E-state index is 0.0930. The van der Waals surface area contributed by atoms with Gasteiger partial charge >= 0.3 is 0 Å². The Bertz CT molecular complexity index is 711. The van der Waals surface area contributed by atoms with Gasteiger partial charge in [-0.15, -0.1) is 0 Å². The predicted octanol–water partition coefficient (Wildman–Crippen LogP) is 2.90. The van der Waals surface area contributed by atoms with Crippen molar-refractivity contribution in [3.63, 3.8) is 0 Å². The molecule has 1 heterocycles. The Labute approximate surface area is 124 Å². The lowest BCUT2D eigenvalue weighted by atomic mass is 9.84. The van der Waals surface area contributed by atoms with E-state index in [-0.39, 0.29) is 11.8 Å². The van der Waals surface area contributed by atoms with Gasteiger partial charge in [0.15, 0.2) is 0 Å². The van der Waals surface area contributed by atoms with E-state index in [4.69, 9.17) is 0 Å². The minimum atomic E-state index is -0.744. The normalized spacial score (nSPS) is 31.8. The van der Waals surface area contributed by atoms with E-state index in [9.17, 15) is 9.90 Å². The first-order valence-electron chi connectivity index (χ1n) is 7.75. The molecule has 2 fully saturated rings. The second-order valence-electron chi connectivity index (χ2n) is 6.53. The van der Waals surface area contributed by atoms with Gasteiger partial charge in [0, 0.05) is 29.8 Å². The van der Waals surface area contributed by atoms with Gasteiger partial charge in [-0.3, -0.25) is 9.78 Å². The molecule has 1 N–H and O–H groups in total. The van der Waals surface area contributed by atoms with E-state index in [1.165, 1.54) is 0 Å². The minimum Gasteiger partial charge on any atom is -0.389 e. The number of hydrogen-bond donors (Lipinski definition) is 1. The van der Waals surface area contributed by atoms with E-state index in [1.807, 2.05) is 30.3 Å². The van der Waals surface area contributed by atoms with Crippen LogP contribution < -0.4 is 0 Å². The van der Waals surface area contributed by atoms with E-state index in [1.54, 1.807) is 0 Å². The molecule has 3 nitrogen and oxygen atoms in total. The van der Waals surface area contributed by atoms with Crippen molar-refractivity contribution in [2.45, 2.75) is 37.7 Å². The summed E-state index contributed by atoms with van der Waals surface area (Å²) < 4.78 is 0. The van der Waals surface area contributed by atoms with Crippen LogP contribution in [0.4, 0.5) is 0 Å². The third-order valence-corrected chi connectivity index (χ3v) is 5.32. The van der Waals surface area contributed by atoms with Crippen molar-refractivity contribution in [2.24, 2.45) is 11.8 Å². The van der Waals surface area contributed by atoms with Crippen LogP contribution in [0.15, 0.2) is 36.4 Å². The van der Waals surface area contributed by atoms with Crippen molar-refractivity contribution >= 4 is 16.7 Å². The smallest absolute Gasteiger partial charge is 0.136 e. The summed E-state index contributed by atoms with van der Waals surface area (Å²) in [5.41, 5.74) is 1.15. The third-order valence-electron chi connectivity index (χ3n) is 5.32. The highest BCUT2D eigenvalue weighted by molar-refractivity contribution is 5.84. The summed E-state index contributed by atoms with van der Waals surface area (Å²) in [5.74, 6) is 0.580. The summed E-state index contributed by atoms with van der Waals surface area (Å²) in [5, 5.41) is 12.1. The lowest BCUT2D eigenvalue weighted by Crippen LogP contribution is -2.36. The molecule has 2 saturated carbocycles. The van der Waals surface area contributed by atoms with Crippen LogP contribution in [0.5, 0.6) is 0 Å². The van der Waals surface area contributed by atoms with Gasteiger partial charge < -0.3 is 5.11 Å². The topological polar surface area (TPSA) is 50.2 Å². The van der Waals surface area contributed by atoms with Gasteiger partial charge in [0.1, 0.15) is 5.78 Å². The Kier molecular flexibility index (Phi) is 2.86. The number of hydrogen-bond acceptors (Lipinski definition) is 3. The first-order valence-corrected chi connectivity index (χ1v) is 7.75. The molecule has 108 valence electrons. The Morgan fingerprint density at radius 3 is 2.95 bits per heavy atom. The lowest BCUT2D eigenvalue weighted by molar-refractivity contribution is -0.121. The van der Waals surface area contributed by atoms with Crippen LogP contribution in [0, 0.1) is 11.8 Å². The van der Waals surface area contributed by atoms with Gasteiger partial charge in [-0.25, -0.2) is 0 Å². The highest BCUT2D eigenvalue weighted by atomic mass is 16.3. The van der Waals surface area contributed by atoms with Crippen LogP contribution in [0.3, 0.4) is 0 Å². The summed E-state index contributed by atoms with van der Waals surface area (Å²) in [6, 6.07) is 12.1. The molecule has 3 heteroatoms. The van der Waals surface area contributed by atoms with Gasteiger partial charge in [-0.05, 0) is 37.3 Å². The average Bonchev–Trinajstić information content (AvgIpc) is 3.01. The Morgan fingerprint density at radius 2 is 2.05 bits per heavy atom. The van der Waals surface area contributed by atoms with Crippen molar-refractivity contribution in [3.05, 3.63) is 42.1 Å². The Morgan fingerprint density at radius 1 is 1.19 bits per heavy atom. The molecule has 0 bridgehead atoms. The number of Topliss-reactive ketones (excluding diaryl/α,β-unsaturated/α-hetero) is 1. The number of aromatic nitrogens is 1. The maximum Gasteiger partial charge on any atom is 0.136 e. The zero-order chi connectivity index (χ0) is 14.4. The number of aliphatic hydroxyl groups is 1.